The minimum Gasteiger partial charge on any atom is -0.379 e. The fourth-order valence-electron chi connectivity index (χ4n) is 5.41. The van der Waals surface area contributed by atoms with Gasteiger partial charge < -0.3 is 35.6 Å². The van der Waals surface area contributed by atoms with Gasteiger partial charge in [-0.3, -0.25) is 24.2 Å². The first kappa shape index (κ1) is 36.7. The first-order chi connectivity index (χ1) is 22.2. The van der Waals surface area contributed by atoms with Gasteiger partial charge in [-0.15, -0.1) is 0 Å². The van der Waals surface area contributed by atoms with Crippen molar-refractivity contribution in [2.24, 2.45) is 10.7 Å². The number of carbonyl (C=O) groups is 3. The lowest BCUT2D eigenvalue weighted by atomic mass is 10.2. The fourth-order valence-corrected chi connectivity index (χ4v) is 5.41. The summed E-state index contributed by atoms with van der Waals surface area (Å²) in [4.78, 5) is 53.4. The second kappa shape index (κ2) is 19.7. The average Bonchev–Trinajstić information content (AvgIpc) is 3.55. The number of pyridine rings is 1. The Labute approximate surface area is 273 Å². The smallest absolute Gasteiger partial charge is 0.234 e. The molecule has 0 bridgehead atoms. The Morgan fingerprint density at radius 1 is 1.04 bits per heavy atom. The van der Waals surface area contributed by atoms with Crippen LogP contribution >= 0.6 is 0 Å². The zero-order chi connectivity index (χ0) is 33.3. The third-order valence-corrected chi connectivity index (χ3v) is 7.88. The lowest BCUT2D eigenvalue weighted by Crippen LogP contribution is -2.49. The lowest BCUT2D eigenvalue weighted by Gasteiger charge is -2.35. The van der Waals surface area contributed by atoms with E-state index in [2.05, 4.69) is 32.0 Å². The number of piperazine rings is 1. The number of carbonyl (C=O) groups excluding carboxylic acids is 3. The topological polar surface area (TPSA) is 158 Å². The summed E-state index contributed by atoms with van der Waals surface area (Å²) in [6.45, 7) is 11.5. The van der Waals surface area contributed by atoms with Gasteiger partial charge in [-0.25, -0.2) is 4.98 Å². The zero-order valence-electron chi connectivity index (χ0n) is 27.8. The number of anilines is 2. The number of primary amides is 1. The van der Waals surface area contributed by atoms with Gasteiger partial charge in [-0.05, 0) is 31.4 Å². The monoisotopic (exact) mass is 643 g/mol. The van der Waals surface area contributed by atoms with Crippen LogP contribution in [-0.4, -0.2) is 129 Å². The minimum absolute atomic E-state index is 0.0333. The number of rotatable bonds is 18. The predicted molar refractivity (Wildman–Crippen MR) is 179 cm³/mol. The number of guanidine groups is 1. The number of amides is 3. The molecule has 14 nitrogen and oxygen atoms in total. The van der Waals surface area contributed by atoms with E-state index in [-0.39, 0.29) is 30.9 Å². The molecule has 0 aromatic carbocycles. The van der Waals surface area contributed by atoms with Crippen LogP contribution in [0.5, 0.6) is 0 Å². The summed E-state index contributed by atoms with van der Waals surface area (Å²) in [5.74, 6) is 1.31. The molecule has 1 aromatic heterocycles. The van der Waals surface area contributed by atoms with Crippen molar-refractivity contribution < 1.29 is 23.9 Å². The molecule has 2 heterocycles. The molecule has 0 radical (unpaired) electrons. The summed E-state index contributed by atoms with van der Waals surface area (Å²) in [6, 6.07) is 4.10. The summed E-state index contributed by atoms with van der Waals surface area (Å²) < 4.78 is 10.7. The number of ether oxygens (including phenoxy) is 2. The van der Waals surface area contributed by atoms with E-state index in [0.717, 1.165) is 64.0 Å². The summed E-state index contributed by atoms with van der Waals surface area (Å²) in [6.07, 6.45) is 7.50. The van der Waals surface area contributed by atoms with Gasteiger partial charge >= 0.3 is 0 Å². The molecule has 0 unspecified atom stereocenters. The largest absolute Gasteiger partial charge is 0.379 e. The highest BCUT2D eigenvalue weighted by Gasteiger charge is 2.28. The van der Waals surface area contributed by atoms with E-state index in [4.69, 9.17) is 20.2 Å². The number of nitrogens with one attached hydrogen (secondary N) is 2. The van der Waals surface area contributed by atoms with Crippen LogP contribution < -0.4 is 21.3 Å². The Kier molecular flexibility index (Phi) is 15.7. The van der Waals surface area contributed by atoms with Gasteiger partial charge in [0.25, 0.3) is 0 Å². The van der Waals surface area contributed by atoms with Crippen LogP contribution in [0.2, 0.25) is 0 Å². The molecule has 0 atom stereocenters. The maximum Gasteiger partial charge on any atom is 0.234 e. The van der Waals surface area contributed by atoms with Gasteiger partial charge in [0.15, 0.2) is 0 Å². The number of aliphatic imine (C=N–C) groups is 1. The highest BCUT2D eigenvalue weighted by molar-refractivity contribution is 5.93. The van der Waals surface area contributed by atoms with E-state index >= 15 is 0 Å². The Bertz CT molecular complexity index is 1150. The molecule has 3 amide bonds. The standard InChI is InChI=1S/C32H53N9O5/c1-5-8-31(44)41(26-9-6-7-10-26)25(2)36-32(38(3)4)37-29-12-11-27(23-35-29)40-17-15-39(16-18-40)24-30(43)34-14-20-46-22-21-45-19-13-28(33)42/h11-12,23,26H,2,5-10,13-22,24H2,1,3-4H3,(H2,33,42)(H,34,43)(H,35,36,37). The molecule has 3 rings (SSSR count). The molecule has 1 aliphatic heterocycles. The first-order valence-electron chi connectivity index (χ1n) is 16.4. The highest BCUT2D eigenvalue weighted by Crippen LogP contribution is 2.27. The molecule has 14 heteroatoms. The Morgan fingerprint density at radius 3 is 2.35 bits per heavy atom. The first-order valence-corrected chi connectivity index (χ1v) is 16.4. The lowest BCUT2D eigenvalue weighted by molar-refractivity contribution is -0.131. The van der Waals surface area contributed by atoms with Crippen molar-refractivity contribution in [2.75, 3.05) is 90.0 Å². The zero-order valence-corrected chi connectivity index (χ0v) is 27.8. The van der Waals surface area contributed by atoms with E-state index in [1.165, 1.54) is 0 Å². The van der Waals surface area contributed by atoms with Crippen LogP contribution in [0.3, 0.4) is 0 Å². The number of nitrogens with zero attached hydrogens (tertiary/aromatic N) is 6. The molecule has 256 valence electrons. The van der Waals surface area contributed by atoms with Crippen molar-refractivity contribution in [3.63, 3.8) is 0 Å². The van der Waals surface area contributed by atoms with Gasteiger partial charge in [0.2, 0.25) is 23.7 Å². The molecule has 46 heavy (non-hydrogen) atoms. The summed E-state index contributed by atoms with van der Waals surface area (Å²) in [7, 11) is 3.78. The van der Waals surface area contributed by atoms with E-state index < -0.39 is 5.91 Å². The number of hydrogen-bond acceptors (Lipinski definition) is 9. The summed E-state index contributed by atoms with van der Waals surface area (Å²) in [5.41, 5.74) is 6.06. The number of nitrogens with two attached hydrogens (primary N) is 1. The Morgan fingerprint density at radius 2 is 1.74 bits per heavy atom. The maximum atomic E-state index is 13.0. The van der Waals surface area contributed by atoms with Gasteiger partial charge in [0.1, 0.15) is 11.6 Å². The normalized spacial score (nSPS) is 15.9. The second-order valence-corrected chi connectivity index (χ2v) is 11.8. The number of hydrogen-bond donors (Lipinski definition) is 3. The Balaban J connectivity index is 1.41. The van der Waals surface area contributed by atoms with E-state index in [9.17, 15) is 14.4 Å². The van der Waals surface area contributed by atoms with Crippen LogP contribution in [0, 0.1) is 0 Å². The van der Waals surface area contributed by atoms with Crippen molar-refractivity contribution in [3.8, 4) is 0 Å². The van der Waals surface area contributed by atoms with Gasteiger partial charge in [-0.2, -0.15) is 4.99 Å². The molecular formula is C32H53N9O5. The van der Waals surface area contributed by atoms with E-state index in [1.807, 2.05) is 44.2 Å². The highest BCUT2D eigenvalue weighted by atomic mass is 16.5. The fraction of sp³-hybridized carbons (Fsp3) is 0.656. The van der Waals surface area contributed by atoms with Crippen LogP contribution in [0.15, 0.2) is 35.7 Å². The molecule has 1 aliphatic carbocycles. The molecule has 0 spiro atoms. The van der Waals surface area contributed by atoms with Crippen molar-refractivity contribution >= 4 is 35.2 Å². The third-order valence-electron chi connectivity index (χ3n) is 7.88. The average molecular weight is 644 g/mol. The molecule has 2 fully saturated rings. The minimum atomic E-state index is -0.392. The van der Waals surface area contributed by atoms with E-state index in [1.54, 1.807) is 4.90 Å². The van der Waals surface area contributed by atoms with Crippen LogP contribution in [0.1, 0.15) is 51.9 Å². The SMILES string of the molecule is C=C(N=C(Nc1ccc(N2CCN(CC(=O)NCCOCCOCCC(N)=O)CC2)cn1)N(C)C)N(C(=O)CCC)C1CCCC1. The Hall–Kier alpha value is -3.75. The van der Waals surface area contributed by atoms with Gasteiger partial charge in [-0.1, -0.05) is 26.3 Å². The van der Waals surface area contributed by atoms with Gasteiger partial charge in [0.05, 0.1) is 44.9 Å². The predicted octanol–water partition coefficient (Wildman–Crippen LogP) is 1.60. The van der Waals surface area contributed by atoms with Crippen LogP contribution in [0.25, 0.3) is 0 Å². The van der Waals surface area contributed by atoms with Crippen LogP contribution in [0.4, 0.5) is 11.5 Å². The molecule has 1 saturated carbocycles. The molecule has 1 saturated heterocycles. The van der Waals surface area contributed by atoms with Crippen molar-refractivity contribution in [1.29, 1.82) is 0 Å². The molecular weight excluding hydrogens is 590 g/mol. The summed E-state index contributed by atoms with van der Waals surface area (Å²) in [5, 5.41) is 6.17. The second-order valence-electron chi connectivity index (χ2n) is 11.8. The van der Waals surface area contributed by atoms with Gasteiger partial charge in [0, 0.05) is 65.7 Å². The summed E-state index contributed by atoms with van der Waals surface area (Å²) >= 11 is 0. The molecule has 2 aliphatic rings. The molecule has 4 N–H and O–H groups in total. The van der Waals surface area contributed by atoms with Crippen LogP contribution in [-0.2, 0) is 23.9 Å². The maximum absolute atomic E-state index is 13.0. The van der Waals surface area contributed by atoms with Crippen molar-refractivity contribution in [2.45, 2.75) is 57.9 Å². The van der Waals surface area contributed by atoms with Crippen molar-refractivity contribution in [1.82, 2.24) is 25.0 Å². The van der Waals surface area contributed by atoms with E-state index in [0.29, 0.717) is 56.9 Å². The third kappa shape index (κ3) is 12.6. The molecule has 1 aromatic rings. The van der Waals surface area contributed by atoms with Crippen molar-refractivity contribution in [3.05, 3.63) is 30.7 Å². The quantitative estimate of drug-likeness (QED) is 0.122. The number of aromatic nitrogens is 1.